The molecular weight excluding hydrogens is 478 g/mol. The van der Waals surface area contributed by atoms with Crippen LogP contribution in [0.15, 0.2) is 48.7 Å². The van der Waals surface area contributed by atoms with Crippen LogP contribution in [0.3, 0.4) is 0 Å². The first-order chi connectivity index (χ1) is 18.3. The zero-order chi connectivity index (χ0) is 26.8. The lowest BCUT2D eigenvalue weighted by Crippen LogP contribution is -2.56. The Kier molecular flexibility index (Phi) is 7.61. The van der Waals surface area contributed by atoms with Crippen molar-refractivity contribution in [1.29, 1.82) is 0 Å². The molecule has 2 aromatic rings. The molecule has 5 rings (SSSR count). The lowest BCUT2D eigenvalue weighted by molar-refractivity contribution is -0.116. The Labute approximate surface area is 226 Å². The number of hydrogen-bond donors (Lipinski definition) is 1. The molecule has 1 spiro atoms. The van der Waals surface area contributed by atoms with Crippen molar-refractivity contribution in [2.75, 3.05) is 46.2 Å². The second-order valence-electron chi connectivity index (χ2n) is 11.5. The summed E-state index contributed by atoms with van der Waals surface area (Å²) in [5.74, 6) is 1.55. The van der Waals surface area contributed by atoms with Gasteiger partial charge in [0.25, 0.3) is 0 Å². The molecule has 1 aromatic heterocycles. The van der Waals surface area contributed by atoms with Crippen molar-refractivity contribution < 1.29 is 14.3 Å². The molecule has 8 heteroatoms. The highest BCUT2D eigenvalue weighted by atomic mass is 16.5. The number of carbonyl (C=O) groups is 2. The van der Waals surface area contributed by atoms with Crippen molar-refractivity contribution >= 4 is 17.8 Å². The maximum atomic E-state index is 13.8. The van der Waals surface area contributed by atoms with Crippen molar-refractivity contribution in [3.05, 3.63) is 54.2 Å². The first-order valence-electron chi connectivity index (χ1n) is 13.9. The minimum Gasteiger partial charge on any atom is -0.497 e. The fourth-order valence-corrected chi connectivity index (χ4v) is 6.61. The Morgan fingerprint density at radius 2 is 1.87 bits per heavy atom. The number of ether oxygens (including phenoxy) is 1. The molecule has 1 saturated heterocycles. The zero-order valence-electron chi connectivity index (χ0n) is 23.0. The van der Waals surface area contributed by atoms with Crippen LogP contribution >= 0.6 is 0 Å². The van der Waals surface area contributed by atoms with E-state index in [-0.39, 0.29) is 29.4 Å². The minimum absolute atomic E-state index is 0.0191. The molecule has 3 aliphatic rings. The molecule has 204 valence electrons. The van der Waals surface area contributed by atoms with Crippen LogP contribution in [0.25, 0.3) is 0 Å². The number of carbonyl (C=O) groups excluding carboxylic acids is 2. The van der Waals surface area contributed by atoms with Gasteiger partial charge in [0.2, 0.25) is 5.91 Å². The number of urea groups is 1. The van der Waals surface area contributed by atoms with Gasteiger partial charge in [0, 0.05) is 43.9 Å². The lowest BCUT2D eigenvalue weighted by atomic mass is 9.68. The van der Waals surface area contributed by atoms with Crippen molar-refractivity contribution in [2.24, 2.45) is 5.92 Å². The van der Waals surface area contributed by atoms with Gasteiger partial charge in [0.15, 0.2) is 0 Å². The number of amides is 3. The number of anilines is 1. The molecule has 38 heavy (non-hydrogen) atoms. The maximum Gasteiger partial charge on any atom is 0.320 e. The number of nitrogens with one attached hydrogen (secondary N) is 1. The quantitative estimate of drug-likeness (QED) is 0.518. The minimum atomic E-state index is -0.161. The second kappa shape index (κ2) is 10.9. The fraction of sp³-hybridized carbons (Fsp3) is 0.567. The number of rotatable bonds is 9. The van der Waals surface area contributed by atoms with E-state index in [9.17, 15) is 9.59 Å². The summed E-state index contributed by atoms with van der Waals surface area (Å²) in [6, 6.07) is 14.3. The summed E-state index contributed by atoms with van der Waals surface area (Å²) in [6.45, 7) is 1.95. The third kappa shape index (κ3) is 5.10. The van der Waals surface area contributed by atoms with E-state index in [2.05, 4.69) is 64.5 Å². The topological polar surface area (TPSA) is 78.0 Å². The third-order valence-corrected chi connectivity index (χ3v) is 9.24. The van der Waals surface area contributed by atoms with Crippen LogP contribution in [-0.2, 0) is 10.3 Å². The van der Waals surface area contributed by atoms with Gasteiger partial charge in [-0.1, -0.05) is 36.8 Å². The standard InChI is InChI=1S/C30H41N5O3/c1-33(2)30(24-10-5-4-6-11-24)16-14-29(15-17-30)22-34(28(37)35(29)21-23-8-7-9-23)19-13-27(36)32-26-20-25(38-3)12-18-31-26/h4-6,10-12,18,20,23H,7-9,13-17,19,21-22H2,1-3H3,(H,31,32,36). The van der Waals surface area contributed by atoms with E-state index in [1.54, 1.807) is 25.4 Å². The van der Waals surface area contributed by atoms with E-state index in [1.807, 2.05) is 4.90 Å². The van der Waals surface area contributed by atoms with Gasteiger partial charge >= 0.3 is 6.03 Å². The molecule has 0 atom stereocenters. The van der Waals surface area contributed by atoms with E-state index in [1.165, 1.54) is 24.8 Å². The van der Waals surface area contributed by atoms with E-state index in [0.717, 1.165) is 32.2 Å². The van der Waals surface area contributed by atoms with Crippen LogP contribution in [0.2, 0.25) is 0 Å². The maximum absolute atomic E-state index is 13.8. The average Bonchev–Trinajstić information content (AvgIpc) is 3.16. The van der Waals surface area contributed by atoms with Crippen molar-refractivity contribution in [3.8, 4) is 5.75 Å². The smallest absolute Gasteiger partial charge is 0.320 e. The molecule has 8 nitrogen and oxygen atoms in total. The van der Waals surface area contributed by atoms with Gasteiger partial charge in [-0.25, -0.2) is 9.78 Å². The molecule has 2 aliphatic carbocycles. The Bertz CT molecular complexity index is 1130. The normalized spacial score (nSPS) is 25.6. The summed E-state index contributed by atoms with van der Waals surface area (Å²) in [6.07, 6.45) is 9.48. The third-order valence-electron chi connectivity index (χ3n) is 9.24. The molecule has 1 aliphatic heterocycles. The zero-order valence-corrected chi connectivity index (χ0v) is 23.0. The largest absolute Gasteiger partial charge is 0.497 e. The number of benzene rings is 1. The number of nitrogens with zero attached hydrogens (tertiary/aromatic N) is 4. The molecular formula is C30H41N5O3. The van der Waals surface area contributed by atoms with E-state index in [0.29, 0.717) is 30.6 Å². The van der Waals surface area contributed by atoms with Crippen LogP contribution in [0, 0.1) is 5.92 Å². The Morgan fingerprint density at radius 1 is 1.13 bits per heavy atom. The summed E-state index contributed by atoms with van der Waals surface area (Å²) in [7, 11) is 5.94. The average molecular weight is 520 g/mol. The molecule has 0 unspecified atom stereocenters. The summed E-state index contributed by atoms with van der Waals surface area (Å²) >= 11 is 0. The Hall–Kier alpha value is -3.13. The van der Waals surface area contributed by atoms with Gasteiger partial charge in [-0.3, -0.25) is 9.69 Å². The summed E-state index contributed by atoms with van der Waals surface area (Å²) < 4.78 is 5.22. The van der Waals surface area contributed by atoms with Crippen molar-refractivity contribution in [3.63, 3.8) is 0 Å². The molecule has 1 aromatic carbocycles. The monoisotopic (exact) mass is 519 g/mol. The first kappa shape index (κ1) is 26.5. The molecule has 0 radical (unpaired) electrons. The van der Waals surface area contributed by atoms with Gasteiger partial charge < -0.3 is 19.9 Å². The highest BCUT2D eigenvalue weighted by Gasteiger charge is 2.54. The fourth-order valence-electron chi connectivity index (χ4n) is 6.61. The molecule has 2 saturated carbocycles. The lowest BCUT2D eigenvalue weighted by Gasteiger charge is -2.51. The summed E-state index contributed by atoms with van der Waals surface area (Å²) in [5, 5.41) is 2.84. The highest BCUT2D eigenvalue weighted by molar-refractivity contribution is 5.90. The molecule has 3 fully saturated rings. The van der Waals surface area contributed by atoms with Crippen LogP contribution < -0.4 is 10.1 Å². The number of pyridine rings is 1. The number of methoxy groups -OCH3 is 1. The van der Waals surface area contributed by atoms with Crippen LogP contribution in [0.5, 0.6) is 5.75 Å². The molecule has 2 heterocycles. The van der Waals surface area contributed by atoms with Crippen LogP contribution in [0.1, 0.15) is 56.9 Å². The summed E-state index contributed by atoms with van der Waals surface area (Å²) in [5.41, 5.74) is 1.18. The van der Waals surface area contributed by atoms with Crippen LogP contribution in [-0.4, -0.2) is 78.0 Å². The Morgan fingerprint density at radius 3 is 2.50 bits per heavy atom. The van der Waals surface area contributed by atoms with E-state index < -0.39 is 0 Å². The number of aromatic nitrogens is 1. The molecule has 0 bridgehead atoms. The van der Waals surface area contributed by atoms with Gasteiger partial charge in [0.05, 0.1) is 12.6 Å². The van der Waals surface area contributed by atoms with Crippen molar-refractivity contribution in [1.82, 2.24) is 19.7 Å². The molecule has 3 amide bonds. The summed E-state index contributed by atoms with van der Waals surface area (Å²) in [4.78, 5) is 37.2. The van der Waals surface area contributed by atoms with Crippen molar-refractivity contribution in [2.45, 2.75) is 62.4 Å². The van der Waals surface area contributed by atoms with Crippen LogP contribution in [0.4, 0.5) is 10.6 Å². The highest BCUT2D eigenvalue weighted by Crippen LogP contribution is 2.49. The van der Waals surface area contributed by atoms with Gasteiger partial charge in [0.1, 0.15) is 11.6 Å². The van der Waals surface area contributed by atoms with Gasteiger partial charge in [-0.2, -0.15) is 0 Å². The van der Waals surface area contributed by atoms with E-state index in [4.69, 9.17) is 4.74 Å². The van der Waals surface area contributed by atoms with Gasteiger partial charge in [-0.05, 0) is 70.2 Å². The predicted octanol–water partition coefficient (Wildman–Crippen LogP) is 4.73. The first-order valence-corrected chi connectivity index (χ1v) is 13.9. The van der Waals surface area contributed by atoms with E-state index >= 15 is 0 Å². The SMILES string of the molecule is COc1ccnc(NC(=O)CCN2CC3(CCC(c4ccccc4)(N(C)C)CC3)N(CC3CCC3)C2=O)c1. The predicted molar refractivity (Wildman–Crippen MR) is 148 cm³/mol. The molecule has 1 N–H and O–H groups in total. The van der Waals surface area contributed by atoms with Gasteiger partial charge in [-0.15, -0.1) is 0 Å². The second-order valence-corrected chi connectivity index (χ2v) is 11.5. The Balaban J connectivity index is 1.28. The number of hydrogen-bond acceptors (Lipinski definition) is 5.